The second-order valence-corrected chi connectivity index (χ2v) is 8.57. The van der Waals surface area contributed by atoms with Gasteiger partial charge in [0.1, 0.15) is 11.5 Å². The van der Waals surface area contributed by atoms with Crippen molar-refractivity contribution in [2.24, 2.45) is 11.7 Å². The Balaban J connectivity index is 1.56. The van der Waals surface area contributed by atoms with E-state index in [1.807, 2.05) is 30.1 Å². The molecule has 2 aromatic rings. The maximum absolute atomic E-state index is 12.9. The van der Waals surface area contributed by atoms with E-state index < -0.39 is 0 Å². The fourth-order valence-corrected chi connectivity index (χ4v) is 4.29. The van der Waals surface area contributed by atoms with Crippen LogP contribution >= 0.6 is 0 Å². The SMILES string of the molecule is CNc1cc(-c2c[nH]c(=O)c(N(CC3CC3)C3CCN(C(=O)C=CCN)CC3)c2)ccn1. The Morgan fingerprint density at radius 2 is 2.06 bits per heavy atom. The summed E-state index contributed by atoms with van der Waals surface area (Å²) in [7, 11) is 1.84. The van der Waals surface area contributed by atoms with Gasteiger partial charge in [-0.05, 0) is 55.4 Å². The van der Waals surface area contributed by atoms with Crippen LogP contribution < -0.4 is 21.5 Å². The molecule has 4 rings (SSSR count). The van der Waals surface area contributed by atoms with Crippen molar-refractivity contribution in [2.45, 2.75) is 31.7 Å². The number of carbonyl (C=O) groups excluding carboxylic acids is 1. The van der Waals surface area contributed by atoms with E-state index in [0.717, 1.165) is 36.3 Å². The highest BCUT2D eigenvalue weighted by atomic mass is 16.2. The van der Waals surface area contributed by atoms with E-state index in [9.17, 15) is 9.59 Å². The number of likely N-dealkylation sites (tertiary alicyclic amines) is 1. The van der Waals surface area contributed by atoms with Crippen LogP contribution in [0.15, 0.2) is 47.5 Å². The van der Waals surface area contributed by atoms with E-state index >= 15 is 0 Å². The van der Waals surface area contributed by atoms with Crippen molar-refractivity contribution in [1.29, 1.82) is 0 Å². The second-order valence-electron chi connectivity index (χ2n) is 8.57. The summed E-state index contributed by atoms with van der Waals surface area (Å²) in [6.07, 6.45) is 10.9. The largest absolute Gasteiger partial charge is 0.373 e. The van der Waals surface area contributed by atoms with Gasteiger partial charge < -0.3 is 25.8 Å². The number of pyridine rings is 2. The number of carbonyl (C=O) groups is 1. The number of nitrogens with zero attached hydrogens (tertiary/aromatic N) is 3. The first kappa shape index (κ1) is 22.1. The zero-order valence-electron chi connectivity index (χ0n) is 18.6. The molecule has 8 heteroatoms. The average Bonchev–Trinajstić information content (AvgIpc) is 3.66. The number of nitrogens with two attached hydrogens (primary N) is 1. The van der Waals surface area contributed by atoms with Crippen LogP contribution in [0.5, 0.6) is 0 Å². The quantitative estimate of drug-likeness (QED) is 0.548. The lowest BCUT2D eigenvalue weighted by Gasteiger charge is -2.39. The van der Waals surface area contributed by atoms with Gasteiger partial charge in [-0.25, -0.2) is 4.98 Å². The van der Waals surface area contributed by atoms with Crippen molar-refractivity contribution in [3.05, 3.63) is 53.1 Å². The first-order chi connectivity index (χ1) is 15.6. The van der Waals surface area contributed by atoms with E-state index in [0.29, 0.717) is 31.2 Å². The van der Waals surface area contributed by atoms with Crippen LogP contribution in [0.25, 0.3) is 11.1 Å². The highest BCUT2D eigenvalue weighted by Crippen LogP contribution is 2.34. The Kier molecular flexibility index (Phi) is 6.90. The molecular formula is C24H32N6O2. The molecule has 1 amide bonds. The summed E-state index contributed by atoms with van der Waals surface area (Å²) in [5.74, 6) is 1.44. The highest BCUT2D eigenvalue weighted by Gasteiger charge is 2.32. The third kappa shape index (κ3) is 5.19. The summed E-state index contributed by atoms with van der Waals surface area (Å²) in [4.78, 5) is 36.6. The lowest BCUT2D eigenvalue weighted by atomic mass is 10.0. The molecule has 1 aliphatic heterocycles. The molecule has 3 heterocycles. The average molecular weight is 437 g/mol. The van der Waals surface area contributed by atoms with E-state index in [1.165, 1.54) is 12.8 Å². The van der Waals surface area contributed by atoms with Gasteiger partial charge in [-0.1, -0.05) is 6.08 Å². The standard InChI is InChI=1S/C24H32N6O2/c1-26-22-14-18(6-10-27-22)19-13-21(24(32)28-15-19)30(16-17-4-5-17)20-7-11-29(12-8-20)23(31)3-2-9-25/h2-3,6,10,13-15,17,20H,4-5,7-9,11-12,16,25H2,1H3,(H,26,27)(H,28,32). The van der Waals surface area contributed by atoms with Gasteiger partial charge in [0, 0.05) is 63.3 Å². The van der Waals surface area contributed by atoms with Crippen LogP contribution in [0.4, 0.5) is 11.5 Å². The summed E-state index contributed by atoms with van der Waals surface area (Å²) >= 11 is 0. The molecule has 8 nitrogen and oxygen atoms in total. The molecule has 0 bridgehead atoms. The molecule has 1 saturated heterocycles. The van der Waals surface area contributed by atoms with Gasteiger partial charge in [-0.2, -0.15) is 0 Å². The number of anilines is 2. The molecule has 0 atom stereocenters. The number of hydrogen-bond acceptors (Lipinski definition) is 6. The number of H-pyrrole nitrogens is 1. The molecule has 2 aromatic heterocycles. The summed E-state index contributed by atoms with van der Waals surface area (Å²) in [6, 6.07) is 6.15. The molecule has 1 saturated carbocycles. The smallest absolute Gasteiger partial charge is 0.271 e. The minimum absolute atomic E-state index is 0.0144. The van der Waals surface area contributed by atoms with Gasteiger partial charge in [0.25, 0.3) is 5.56 Å². The number of amides is 1. The van der Waals surface area contributed by atoms with Crippen molar-refractivity contribution in [3.63, 3.8) is 0 Å². The van der Waals surface area contributed by atoms with Gasteiger partial charge in [-0.3, -0.25) is 9.59 Å². The highest BCUT2D eigenvalue weighted by molar-refractivity contribution is 5.87. The summed E-state index contributed by atoms with van der Waals surface area (Å²) in [6.45, 7) is 2.63. The van der Waals surface area contributed by atoms with Crippen LogP contribution in [-0.4, -0.2) is 60.0 Å². The van der Waals surface area contributed by atoms with Crippen molar-refractivity contribution < 1.29 is 4.79 Å². The molecule has 2 fully saturated rings. The van der Waals surface area contributed by atoms with E-state index in [-0.39, 0.29) is 17.5 Å². The van der Waals surface area contributed by atoms with Gasteiger partial charge in [0.2, 0.25) is 5.91 Å². The van der Waals surface area contributed by atoms with E-state index in [1.54, 1.807) is 24.5 Å². The van der Waals surface area contributed by atoms with Crippen LogP contribution in [0.1, 0.15) is 25.7 Å². The third-order valence-electron chi connectivity index (χ3n) is 6.31. The number of aromatic amines is 1. The maximum Gasteiger partial charge on any atom is 0.271 e. The molecule has 32 heavy (non-hydrogen) atoms. The zero-order chi connectivity index (χ0) is 22.5. The summed E-state index contributed by atoms with van der Waals surface area (Å²) in [5, 5.41) is 3.06. The van der Waals surface area contributed by atoms with Crippen molar-refractivity contribution >= 4 is 17.4 Å². The molecular weight excluding hydrogens is 404 g/mol. The fraction of sp³-hybridized carbons (Fsp3) is 0.458. The third-order valence-corrected chi connectivity index (χ3v) is 6.31. The van der Waals surface area contributed by atoms with Crippen LogP contribution in [-0.2, 0) is 4.79 Å². The monoisotopic (exact) mass is 436 g/mol. The number of hydrogen-bond donors (Lipinski definition) is 3. The van der Waals surface area contributed by atoms with Crippen molar-refractivity contribution in [1.82, 2.24) is 14.9 Å². The molecule has 2 aliphatic rings. The predicted molar refractivity (Wildman–Crippen MR) is 128 cm³/mol. The summed E-state index contributed by atoms with van der Waals surface area (Å²) < 4.78 is 0. The topological polar surface area (TPSA) is 107 Å². The normalized spacial score (nSPS) is 17.0. The molecule has 0 spiro atoms. The Hall–Kier alpha value is -3.13. The Morgan fingerprint density at radius 1 is 1.28 bits per heavy atom. The maximum atomic E-state index is 12.9. The predicted octanol–water partition coefficient (Wildman–Crippen LogP) is 2.20. The minimum Gasteiger partial charge on any atom is -0.373 e. The van der Waals surface area contributed by atoms with Crippen LogP contribution in [0.3, 0.4) is 0 Å². The Morgan fingerprint density at radius 3 is 2.75 bits per heavy atom. The first-order valence-corrected chi connectivity index (χ1v) is 11.4. The minimum atomic E-state index is -0.0679. The molecule has 0 aromatic carbocycles. The number of aromatic nitrogens is 2. The van der Waals surface area contributed by atoms with Crippen molar-refractivity contribution in [3.8, 4) is 11.1 Å². The Bertz CT molecular complexity index is 1020. The second kappa shape index (κ2) is 9.99. The van der Waals surface area contributed by atoms with E-state index in [2.05, 4.69) is 20.2 Å². The molecule has 4 N–H and O–H groups in total. The number of rotatable bonds is 8. The molecule has 0 radical (unpaired) electrons. The van der Waals surface area contributed by atoms with Gasteiger partial charge in [0.05, 0.1) is 0 Å². The first-order valence-electron chi connectivity index (χ1n) is 11.4. The van der Waals surface area contributed by atoms with Gasteiger partial charge >= 0.3 is 0 Å². The fourth-order valence-electron chi connectivity index (χ4n) is 4.29. The molecule has 0 unspecified atom stereocenters. The molecule has 1 aliphatic carbocycles. The van der Waals surface area contributed by atoms with Crippen LogP contribution in [0.2, 0.25) is 0 Å². The van der Waals surface area contributed by atoms with Gasteiger partial charge in [0.15, 0.2) is 0 Å². The number of piperidine rings is 1. The molecule has 170 valence electrons. The van der Waals surface area contributed by atoms with Crippen molar-refractivity contribution in [2.75, 3.05) is 43.4 Å². The Labute approximate surface area is 188 Å². The number of nitrogens with one attached hydrogen (secondary N) is 2. The van der Waals surface area contributed by atoms with E-state index in [4.69, 9.17) is 5.73 Å². The zero-order valence-corrected chi connectivity index (χ0v) is 18.6. The summed E-state index contributed by atoms with van der Waals surface area (Å²) in [5.41, 5.74) is 8.07. The van der Waals surface area contributed by atoms with Crippen LogP contribution in [0, 0.1) is 5.92 Å². The lowest BCUT2D eigenvalue weighted by Crippen LogP contribution is -2.48. The van der Waals surface area contributed by atoms with Gasteiger partial charge in [-0.15, -0.1) is 0 Å². The lowest BCUT2D eigenvalue weighted by molar-refractivity contribution is -0.127.